The van der Waals surface area contributed by atoms with Crippen molar-refractivity contribution in [2.45, 2.75) is 51.2 Å². The van der Waals surface area contributed by atoms with Gasteiger partial charge in [-0.25, -0.2) is 0 Å². The summed E-state index contributed by atoms with van der Waals surface area (Å²) >= 11 is 5.61. The summed E-state index contributed by atoms with van der Waals surface area (Å²) in [5.41, 5.74) is 16.4. The molecular weight excluding hydrogens is 532 g/mol. The van der Waals surface area contributed by atoms with Crippen LogP contribution in [0.4, 0.5) is 0 Å². The van der Waals surface area contributed by atoms with E-state index in [9.17, 15) is 29.1 Å². The Kier molecular flexibility index (Phi) is 14.1. The van der Waals surface area contributed by atoms with Gasteiger partial charge in [0.1, 0.15) is 29.8 Å². The molecule has 14 nitrogen and oxygen atoms in total. The van der Waals surface area contributed by atoms with Crippen LogP contribution in [0.3, 0.4) is 0 Å². The summed E-state index contributed by atoms with van der Waals surface area (Å²) in [6.45, 7) is 3.15. The van der Waals surface area contributed by atoms with Gasteiger partial charge in [-0.15, -0.1) is 11.6 Å². The Morgan fingerprint density at radius 2 is 1.54 bits per heavy atom. The number of carbonyl (C=O) groups excluding carboxylic acids is 5. The third-order valence-electron chi connectivity index (χ3n) is 5.41. The molecule has 0 aromatic heterocycles. The number of hydrogen-bond acceptors (Lipinski definition) is 7. The average molecular weight is 569 g/mol. The van der Waals surface area contributed by atoms with Crippen LogP contribution < -0.4 is 38.5 Å². The van der Waals surface area contributed by atoms with Gasteiger partial charge in [0, 0.05) is 13.0 Å². The van der Waals surface area contributed by atoms with E-state index in [0.29, 0.717) is 12.0 Å². The van der Waals surface area contributed by atoms with Gasteiger partial charge >= 0.3 is 0 Å². The Labute approximate surface area is 231 Å². The van der Waals surface area contributed by atoms with E-state index in [1.54, 1.807) is 26.0 Å². The van der Waals surface area contributed by atoms with Crippen molar-refractivity contribution in [2.75, 3.05) is 19.0 Å². The second kappa shape index (κ2) is 16.7. The Hall–Kier alpha value is -4.07. The van der Waals surface area contributed by atoms with Crippen LogP contribution in [-0.2, 0) is 30.4 Å². The molecule has 1 rings (SSSR count). The minimum atomic E-state index is -1.13. The number of benzene rings is 1. The standard InChI is InChI=1S/C24H37ClN8O6/c1-13(2)20(23(39)30-12-18(26)35)33-21(37)16(4-3-9-29-24(27)28)32-22(38)17(31-19(36)11-25)10-14-5-7-15(34)8-6-14/h5-8,13,16-17,20,34H,3-4,9-12H2,1-2H3,(H2,26,35)(H,30,39)(H,31,36)(H,32,38)(H,33,37)(H4,27,28,29)/t16-,17-,20-/m0/s1. The minimum absolute atomic E-state index is 0.0293. The predicted molar refractivity (Wildman–Crippen MR) is 145 cm³/mol. The summed E-state index contributed by atoms with van der Waals surface area (Å²) in [6, 6.07) is 2.77. The number of primary amides is 1. The summed E-state index contributed by atoms with van der Waals surface area (Å²) < 4.78 is 0. The van der Waals surface area contributed by atoms with E-state index in [0.717, 1.165) is 0 Å². The van der Waals surface area contributed by atoms with Gasteiger partial charge in [-0.1, -0.05) is 26.0 Å². The average Bonchev–Trinajstić information content (AvgIpc) is 2.87. The van der Waals surface area contributed by atoms with Crippen molar-refractivity contribution < 1.29 is 29.1 Å². The smallest absolute Gasteiger partial charge is 0.243 e. The Morgan fingerprint density at radius 1 is 0.923 bits per heavy atom. The number of hydrogen-bond donors (Lipinski definition) is 8. The van der Waals surface area contributed by atoms with E-state index in [4.69, 9.17) is 28.8 Å². The van der Waals surface area contributed by atoms with E-state index in [1.165, 1.54) is 12.1 Å². The maximum atomic E-state index is 13.3. The molecule has 1 aromatic rings. The fourth-order valence-corrected chi connectivity index (χ4v) is 3.50. The summed E-state index contributed by atoms with van der Waals surface area (Å²) in [7, 11) is 0. The van der Waals surface area contributed by atoms with Gasteiger partial charge in [-0.05, 0) is 36.5 Å². The molecule has 0 aliphatic rings. The maximum absolute atomic E-state index is 13.3. The number of amides is 5. The van der Waals surface area contributed by atoms with Crippen molar-refractivity contribution in [3.8, 4) is 5.75 Å². The fraction of sp³-hybridized carbons (Fsp3) is 0.500. The lowest BCUT2D eigenvalue weighted by molar-refractivity contribution is -0.134. The van der Waals surface area contributed by atoms with Crippen LogP contribution in [0.25, 0.3) is 0 Å². The van der Waals surface area contributed by atoms with Crippen molar-refractivity contribution in [3.63, 3.8) is 0 Å². The second-order valence-corrected chi connectivity index (χ2v) is 9.32. The molecule has 11 N–H and O–H groups in total. The van der Waals surface area contributed by atoms with Crippen LogP contribution >= 0.6 is 11.6 Å². The molecule has 0 unspecified atom stereocenters. The number of carbonyl (C=O) groups is 5. The molecule has 0 spiro atoms. The van der Waals surface area contributed by atoms with Gasteiger partial charge in [0.15, 0.2) is 5.96 Å². The summed E-state index contributed by atoms with van der Waals surface area (Å²) in [6.07, 6.45) is 0.436. The fourth-order valence-electron chi connectivity index (χ4n) is 3.43. The number of guanidine groups is 1. The van der Waals surface area contributed by atoms with E-state index in [2.05, 4.69) is 26.3 Å². The van der Waals surface area contributed by atoms with Gasteiger partial charge in [-0.3, -0.25) is 29.0 Å². The molecule has 0 radical (unpaired) electrons. The highest BCUT2D eigenvalue weighted by molar-refractivity contribution is 6.27. The lowest BCUT2D eigenvalue weighted by atomic mass is 10.0. The number of nitrogens with two attached hydrogens (primary N) is 3. The SMILES string of the molecule is CC(C)[C@H](NC(=O)[C@H](CCCN=C(N)N)NC(=O)[C@H](Cc1ccc(O)cc1)NC(=O)CCl)C(=O)NCC(N)=O. The number of aromatic hydroxyl groups is 1. The third kappa shape index (κ3) is 12.8. The van der Waals surface area contributed by atoms with Crippen LogP contribution in [0.5, 0.6) is 5.75 Å². The Bertz CT molecular complexity index is 1030. The van der Waals surface area contributed by atoms with Crippen LogP contribution in [0, 0.1) is 5.92 Å². The van der Waals surface area contributed by atoms with Crippen molar-refractivity contribution >= 4 is 47.1 Å². The molecule has 5 amide bonds. The number of phenolic OH excluding ortho intramolecular Hbond substituents is 1. The maximum Gasteiger partial charge on any atom is 0.243 e. The van der Waals surface area contributed by atoms with Crippen LogP contribution in [0.15, 0.2) is 29.3 Å². The Balaban J connectivity index is 3.13. The molecule has 0 saturated heterocycles. The molecule has 0 heterocycles. The number of aliphatic imine (C=N–C) groups is 1. The molecule has 3 atom stereocenters. The third-order valence-corrected chi connectivity index (χ3v) is 5.65. The van der Waals surface area contributed by atoms with E-state index in [1.807, 2.05) is 0 Å². The Morgan fingerprint density at radius 3 is 2.08 bits per heavy atom. The molecule has 0 aliphatic carbocycles. The number of alkyl halides is 1. The zero-order valence-electron chi connectivity index (χ0n) is 21.9. The first kappa shape index (κ1) is 33.0. The zero-order valence-corrected chi connectivity index (χ0v) is 22.7. The molecule has 39 heavy (non-hydrogen) atoms. The first-order valence-electron chi connectivity index (χ1n) is 12.2. The highest BCUT2D eigenvalue weighted by atomic mass is 35.5. The number of phenols is 1. The first-order valence-corrected chi connectivity index (χ1v) is 12.7. The van der Waals surface area contributed by atoms with Crippen molar-refractivity contribution in [1.29, 1.82) is 0 Å². The monoisotopic (exact) mass is 568 g/mol. The number of halogens is 1. The number of nitrogens with zero attached hydrogens (tertiary/aromatic N) is 1. The summed E-state index contributed by atoms with van der Waals surface area (Å²) in [5.74, 6) is -4.19. The van der Waals surface area contributed by atoms with E-state index >= 15 is 0 Å². The van der Waals surface area contributed by atoms with Gasteiger partial charge in [0.05, 0.1) is 6.54 Å². The van der Waals surface area contributed by atoms with Gasteiger partial charge in [-0.2, -0.15) is 0 Å². The normalized spacial score (nSPS) is 12.9. The second-order valence-electron chi connectivity index (χ2n) is 9.05. The quantitative estimate of drug-likeness (QED) is 0.0475. The van der Waals surface area contributed by atoms with Gasteiger partial charge < -0.3 is 43.6 Å². The van der Waals surface area contributed by atoms with Crippen molar-refractivity contribution in [2.24, 2.45) is 28.1 Å². The molecule has 0 saturated carbocycles. The van der Waals surface area contributed by atoms with Gasteiger partial charge in [0.25, 0.3) is 0 Å². The van der Waals surface area contributed by atoms with Crippen LogP contribution in [0.2, 0.25) is 0 Å². The lowest BCUT2D eigenvalue weighted by Gasteiger charge is -2.26. The topological polar surface area (TPSA) is 244 Å². The van der Waals surface area contributed by atoms with Crippen molar-refractivity contribution in [1.82, 2.24) is 21.3 Å². The highest BCUT2D eigenvalue weighted by Gasteiger charge is 2.31. The molecule has 0 aliphatic heterocycles. The number of rotatable bonds is 16. The van der Waals surface area contributed by atoms with E-state index < -0.39 is 60.1 Å². The zero-order chi connectivity index (χ0) is 29.5. The minimum Gasteiger partial charge on any atom is -0.508 e. The van der Waals surface area contributed by atoms with E-state index in [-0.39, 0.29) is 37.0 Å². The molecule has 0 bridgehead atoms. The highest BCUT2D eigenvalue weighted by Crippen LogP contribution is 2.12. The molecule has 15 heteroatoms. The molecule has 0 fully saturated rings. The summed E-state index contributed by atoms with van der Waals surface area (Å²) in [4.78, 5) is 66.0. The van der Waals surface area contributed by atoms with Gasteiger partial charge in [0.2, 0.25) is 29.5 Å². The number of nitrogens with one attached hydrogen (secondary N) is 4. The van der Waals surface area contributed by atoms with Crippen LogP contribution in [0.1, 0.15) is 32.3 Å². The first-order chi connectivity index (χ1) is 18.3. The van der Waals surface area contributed by atoms with Crippen molar-refractivity contribution in [3.05, 3.63) is 29.8 Å². The predicted octanol–water partition coefficient (Wildman–Crippen LogP) is -2.06. The summed E-state index contributed by atoms with van der Waals surface area (Å²) in [5, 5.41) is 19.6. The molecule has 1 aromatic carbocycles. The lowest BCUT2D eigenvalue weighted by Crippen LogP contribution is -2.58. The molecular formula is C24H37ClN8O6. The molecule has 216 valence electrons. The van der Waals surface area contributed by atoms with Crippen LogP contribution in [-0.4, -0.2) is 77.7 Å². The largest absolute Gasteiger partial charge is 0.508 e.